The molecule has 0 aliphatic carbocycles. The minimum Gasteiger partial charge on any atom is -0.478 e. The first kappa shape index (κ1) is 22.0. The van der Waals surface area contributed by atoms with E-state index < -0.39 is 65.5 Å². The van der Waals surface area contributed by atoms with Crippen molar-refractivity contribution in [2.24, 2.45) is 0 Å². The van der Waals surface area contributed by atoms with Crippen molar-refractivity contribution >= 4 is 17.9 Å². The number of carbonyl (C=O) groups excluding carboxylic acids is 1. The molecule has 0 aromatic heterocycles. The fourth-order valence-corrected chi connectivity index (χ4v) is 3.36. The Balaban J connectivity index is 2.24. The van der Waals surface area contributed by atoms with Gasteiger partial charge in [-0.15, -0.1) is 0 Å². The molecular formula is C19H16F3NO8. The topological polar surface area (TPSA) is 131 Å². The number of nitrogens with one attached hydrogen (secondary N) is 1. The van der Waals surface area contributed by atoms with Crippen LogP contribution in [0.15, 0.2) is 40.7 Å². The Bertz CT molecular complexity index is 1030. The molecule has 9 nitrogen and oxygen atoms in total. The molecule has 3 rings (SSSR count). The lowest BCUT2D eigenvalue weighted by molar-refractivity contribution is -0.281. The number of hydrogen-bond acceptors (Lipinski definition) is 7. The van der Waals surface area contributed by atoms with Gasteiger partial charge in [-0.25, -0.2) is 9.59 Å². The average Bonchev–Trinajstić information content (AvgIpc) is 2.65. The fourth-order valence-electron chi connectivity index (χ4n) is 3.36. The van der Waals surface area contributed by atoms with Crippen LogP contribution in [0, 0.1) is 0 Å². The largest absolute Gasteiger partial charge is 0.478 e. The Morgan fingerprint density at radius 2 is 1.84 bits per heavy atom. The van der Waals surface area contributed by atoms with Gasteiger partial charge in [0.1, 0.15) is 6.61 Å². The zero-order chi connectivity index (χ0) is 23.1. The number of benzene rings is 1. The van der Waals surface area contributed by atoms with Crippen molar-refractivity contribution in [3.63, 3.8) is 0 Å². The minimum atomic E-state index is -4.30. The van der Waals surface area contributed by atoms with E-state index in [4.69, 9.17) is 4.74 Å². The number of aliphatic carboxylic acids is 2. The van der Waals surface area contributed by atoms with Crippen LogP contribution >= 0.6 is 0 Å². The average molecular weight is 443 g/mol. The number of carboxylic acid groups (broad SMARTS) is 2. The molecule has 31 heavy (non-hydrogen) atoms. The van der Waals surface area contributed by atoms with Crippen molar-refractivity contribution in [3.8, 4) is 11.5 Å². The van der Waals surface area contributed by atoms with Gasteiger partial charge in [-0.3, -0.25) is 4.79 Å². The van der Waals surface area contributed by atoms with E-state index >= 15 is 0 Å². The summed E-state index contributed by atoms with van der Waals surface area (Å²) in [7, 11) is 0. The van der Waals surface area contributed by atoms with E-state index in [9.17, 15) is 37.8 Å². The predicted molar refractivity (Wildman–Crippen MR) is 95.0 cm³/mol. The van der Waals surface area contributed by atoms with Gasteiger partial charge in [0, 0.05) is 18.2 Å². The Kier molecular flexibility index (Phi) is 5.57. The lowest BCUT2D eigenvalue weighted by Gasteiger charge is -2.34. The zero-order valence-corrected chi connectivity index (χ0v) is 16.1. The molecule has 1 aromatic carbocycles. The molecule has 2 heterocycles. The molecule has 0 amide bonds. The van der Waals surface area contributed by atoms with Crippen LogP contribution in [0.5, 0.6) is 11.5 Å². The van der Waals surface area contributed by atoms with Crippen LogP contribution in [0.25, 0.3) is 0 Å². The van der Waals surface area contributed by atoms with Gasteiger partial charge in [-0.05, 0) is 13.0 Å². The van der Waals surface area contributed by atoms with Crippen molar-refractivity contribution in [3.05, 3.63) is 46.3 Å². The van der Waals surface area contributed by atoms with E-state index in [1.54, 1.807) is 0 Å². The maximum atomic E-state index is 13.8. The number of esters is 1. The number of rotatable bonds is 5. The van der Waals surface area contributed by atoms with E-state index in [0.717, 1.165) is 13.0 Å². The summed E-state index contributed by atoms with van der Waals surface area (Å²) < 4.78 is 54.8. The number of carboxylic acids is 2. The lowest BCUT2D eigenvalue weighted by Crippen LogP contribution is -2.43. The second-order valence-electron chi connectivity index (χ2n) is 6.65. The standard InChI is InChI=1S/C19H16F3NO8/c1-7-12(16(25)26)13(14(17(27)28)10(23-7)6-29-8(2)24)9-4-3-5-11-15(9)30-18(20)19(21,22)31-11/h3-5,13,18,23H,6H2,1-2H3,(H,25,26)(H,27,28). The molecule has 0 bridgehead atoms. The number of para-hydroxylation sites is 1. The zero-order valence-electron chi connectivity index (χ0n) is 16.1. The predicted octanol–water partition coefficient (Wildman–Crippen LogP) is 2.29. The molecule has 1 aromatic rings. The van der Waals surface area contributed by atoms with Crippen molar-refractivity contribution in [1.82, 2.24) is 5.32 Å². The van der Waals surface area contributed by atoms with E-state index in [2.05, 4.69) is 14.8 Å². The van der Waals surface area contributed by atoms with Crippen molar-refractivity contribution in [1.29, 1.82) is 0 Å². The Morgan fingerprint density at radius 1 is 1.19 bits per heavy atom. The normalized spacial score (nSPS) is 22.0. The Labute approximate surface area is 172 Å². The maximum absolute atomic E-state index is 13.8. The van der Waals surface area contributed by atoms with Gasteiger partial charge in [0.15, 0.2) is 11.5 Å². The van der Waals surface area contributed by atoms with Gasteiger partial charge in [0.05, 0.1) is 22.8 Å². The molecule has 2 unspecified atom stereocenters. The molecule has 3 N–H and O–H groups in total. The van der Waals surface area contributed by atoms with Gasteiger partial charge in [0.2, 0.25) is 0 Å². The third kappa shape index (κ3) is 4.00. The number of hydrogen-bond donors (Lipinski definition) is 3. The van der Waals surface area contributed by atoms with Crippen molar-refractivity contribution in [2.75, 3.05) is 6.61 Å². The van der Waals surface area contributed by atoms with Crippen LogP contribution in [0.2, 0.25) is 0 Å². The Hall–Kier alpha value is -3.70. The number of dihydropyridines is 1. The third-order valence-corrected chi connectivity index (χ3v) is 4.58. The molecule has 0 radical (unpaired) electrons. The molecule has 0 saturated heterocycles. The quantitative estimate of drug-likeness (QED) is 0.587. The first-order valence-corrected chi connectivity index (χ1v) is 8.75. The van der Waals surface area contributed by atoms with Crippen LogP contribution in [0.3, 0.4) is 0 Å². The van der Waals surface area contributed by atoms with Crippen LogP contribution in [0.1, 0.15) is 25.3 Å². The molecule has 0 spiro atoms. The number of carbonyl (C=O) groups is 3. The van der Waals surface area contributed by atoms with Crippen LogP contribution < -0.4 is 14.8 Å². The molecule has 2 aliphatic heterocycles. The van der Waals surface area contributed by atoms with Crippen LogP contribution in [-0.2, 0) is 19.1 Å². The summed E-state index contributed by atoms with van der Waals surface area (Å²) in [6.07, 6.45) is -7.51. The summed E-state index contributed by atoms with van der Waals surface area (Å²) in [6.45, 7) is 1.89. The molecule has 2 aliphatic rings. The van der Waals surface area contributed by atoms with E-state index in [0.29, 0.717) is 0 Å². The highest BCUT2D eigenvalue weighted by atomic mass is 19.3. The molecule has 166 valence electrons. The summed E-state index contributed by atoms with van der Waals surface area (Å²) in [6, 6.07) is 3.45. The SMILES string of the molecule is CC(=O)OCC1=C(C(=O)O)C(c2cccc3c2OC(F)C(F)(F)O3)C(C(=O)O)=C(C)N1. The number of ether oxygens (including phenoxy) is 3. The van der Waals surface area contributed by atoms with Crippen LogP contribution in [-0.4, -0.2) is 47.2 Å². The van der Waals surface area contributed by atoms with Gasteiger partial charge in [-0.1, -0.05) is 12.1 Å². The number of alkyl halides is 3. The number of allylic oxidation sites excluding steroid dienone is 1. The summed E-state index contributed by atoms with van der Waals surface area (Å²) in [5.74, 6) is -6.57. The Morgan fingerprint density at radius 3 is 2.42 bits per heavy atom. The molecule has 2 atom stereocenters. The smallest absolute Gasteiger partial charge is 0.468 e. The van der Waals surface area contributed by atoms with Crippen molar-refractivity contribution < 1.29 is 52.0 Å². The highest BCUT2D eigenvalue weighted by Crippen LogP contribution is 2.49. The summed E-state index contributed by atoms with van der Waals surface area (Å²) in [5, 5.41) is 22.1. The second kappa shape index (κ2) is 7.85. The first-order valence-electron chi connectivity index (χ1n) is 8.75. The molecule has 0 saturated carbocycles. The van der Waals surface area contributed by atoms with Gasteiger partial charge in [-0.2, -0.15) is 13.2 Å². The summed E-state index contributed by atoms with van der Waals surface area (Å²) >= 11 is 0. The van der Waals surface area contributed by atoms with E-state index in [1.165, 1.54) is 19.1 Å². The molecule has 0 fully saturated rings. The lowest BCUT2D eigenvalue weighted by atomic mass is 9.79. The van der Waals surface area contributed by atoms with Crippen LogP contribution in [0.4, 0.5) is 13.2 Å². The number of halogens is 3. The number of fused-ring (bicyclic) bond motifs is 1. The monoisotopic (exact) mass is 443 g/mol. The highest BCUT2D eigenvalue weighted by molar-refractivity contribution is 5.99. The highest BCUT2D eigenvalue weighted by Gasteiger charge is 2.51. The molecule has 12 heteroatoms. The van der Waals surface area contributed by atoms with E-state index in [1.807, 2.05) is 0 Å². The first-order chi connectivity index (χ1) is 14.4. The van der Waals surface area contributed by atoms with Gasteiger partial charge < -0.3 is 29.7 Å². The fraction of sp³-hybridized carbons (Fsp3) is 0.316. The summed E-state index contributed by atoms with van der Waals surface area (Å²) in [5.41, 5.74) is -1.37. The maximum Gasteiger partial charge on any atom is 0.468 e. The van der Waals surface area contributed by atoms with Gasteiger partial charge >= 0.3 is 30.4 Å². The summed E-state index contributed by atoms with van der Waals surface area (Å²) in [4.78, 5) is 35.2. The van der Waals surface area contributed by atoms with E-state index in [-0.39, 0.29) is 17.0 Å². The molecular weight excluding hydrogens is 427 g/mol. The van der Waals surface area contributed by atoms with Gasteiger partial charge in [0.25, 0.3) is 0 Å². The third-order valence-electron chi connectivity index (χ3n) is 4.58. The minimum absolute atomic E-state index is 0.00103. The van der Waals surface area contributed by atoms with Crippen molar-refractivity contribution in [2.45, 2.75) is 32.2 Å². The second-order valence-corrected chi connectivity index (χ2v) is 6.65.